The highest BCUT2D eigenvalue weighted by Crippen LogP contribution is 2.20. The lowest BCUT2D eigenvalue weighted by atomic mass is 9.87. The molecule has 0 N–H and O–H groups in total. The van der Waals surface area contributed by atoms with Crippen LogP contribution in [-0.2, 0) is 9.59 Å². The van der Waals surface area contributed by atoms with E-state index in [-0.39, 0.29) is 10.8 Å². The van der Waals surface area contributed by atoms with Gasteiger partial charge < -0.3 is 0 Å². The lowest BCUT2D eigenvalue weighted by Gasteiger charge is -2.16. The smallest absolute Gasteiger partial charge is 0.138 e. The van der Waals surface area contributed by atoms with Crippen LogP contribution in [0.1, 0.15) is 99.3 Å². The van der Waals surface area contributed by atoms with Gasteiger partial charge in [-0.15, -0.1) is 0 Å². The molecule has 0 spiro atoms. The van der Waals surface area contributed by atoms with E-state index in [1.54, 1.807) is 0 Å². The maximum atomic E-state index is 11.8. The number of rotatable bonds is 10. The molecule has 0 aromatic rings. The number of hydrogen-bond donors (Lipinski definition) is 0. The van der Waals surface area contributed by atoms with Crippen LogP contribution >= 0.6 is 0 Å². The Morgan fingerprint density at radius 2 is 0.762 bits per heavy atom. The fourth-order valence-corrected chi connectivity index (χ4v) is 2.20. The van der Waals surface area contributed by atoms with Crippen molar-refractivity contribution in [1.29, 1.82) is 0 Å². The molecular formula is C19H36O2. The minimum Gasteiger partial charge on any atom is -0.299 e. The Hall–Kier alpha value is -0.660. The highest BCUT2D eigenvalue weighted by Gasteiger charge is 2.20. The number of carbonyl (C=O) groups is 2. The first-order valence-electron chi connectivity index (χ1n) is 8.62. The third kappa shape index (κ3) is 10.7. The molecule has 0 unspecified atom stereocenters. The third-order valence-corrected chi connectivity index (χ3v) is 3.98. The lowest BCUT2D eigenvalue weighted by molar-refractivity contribution is -0.127. The predicted octanol–water partition coefficient (Wildman–Crippen LogP) is 5.73. The van der Waals surface area contributed by atoms with Gasteiger partial charge in [0.25, 0.3) is 0 Å². The molecule has 0 saturated carbocycles. The summed E-state index contributed by atoms with van der Waals surface area (Å²) in [6, 6.07) is 0. The maximum Gasteiger partial charge on any atom is 0.138 e. The molecule has 0 aromatic carbocycles. The molecular weight excluding hydrogens is 260 g/mol. The van der Waals surface area contributed by atoms with Crippen molar-refractivity contribution in [1.82, 2.24) is 0 Å². The normalized spacial score (nSPS) is 12.5. The van der Waals surface area contributed by atoms with Gasteiger partial charge in [-0.05, 0) is 12.8 Å². The summed E-state index contributed by atoms with van der Waals surface area (Å²) in [7, 11) is 0. The summed E-state index contributed by atoms with van der Waals surface area (Å²) in [5, 5.41) is 0. The van der Waals surface area contributed by atoms with Crippen molar-refractivity contribution >= 4 is 11.6 Å². The van der Waals surface area contributed by atoms with Crippen LogP contribution in [0.15, 0.2) is 0 Å². The topological polar surface area (TPSA) is 34.1 Å². The zero-order valence-corrected chi connectivity index (χ0v) is 15.2. The van der Waals surface area contributed by atoms with Gasteiger partial charge in [-0.1, -0.05) is 73.6 Å². The quantitative estimate of drug-likeness (QED) is 0.483. The molecule has 0 aliphatic carbocycles. The molecule has 0 saturated heterocycles. The number of hydrogen-bond acceptors (Lipinski definition) is 2. The van der Waals surface area contributed by atoms with Crippen LogP contribution in [0.3, 0.4) is 0 Å². The first-order valence-corrected chi connectivity index (χ1v) is 8.62. The minimum atomic E-state index is -0.181. The molecule has 0 aromatic heterocycles. The second-order valence-electron chi connectivity index (χ2n) is 8.32. The van der Waals surface area contributed by atoms with E-state index in [4.69, 9.17) is 0 Å². The minimum absolute atomic E-state index is 0.181. The van der Waals surface area contributed by atoms with Crippen LogP contribution in [0.4, 0.5) is 0 Å². The van der Waals surface area contributed by atoms with Gasteiger partial charge in [0, 0.05) is 23.7 Å². The molecule has 124 valence electrons. The molecule has 0 radical (unpaired) electrons. The monoisotopic (exact) mass is 296 g/mol. The fourth-order valence-electron chi connectivity index (χ4n) is 2.20. The van der Waals surface area contributed by atoms with E-state index >= 15 is 0 Å². The largest absolute Gasteiger partial charge is 0.299 e. The highest BCUT2D eigenvalue weighted by molar-refractivity contribution is 5.83. The Bertz CT molecular complexity index is 283. The summed E-state index contributed by atoms with van der Waals surface area (Å²) < 4.78 is 0. The molecule has 2 nitrogen and oxygen atoms in total. The Balaban J connectivity index is 3.42. The van der Waals surface area contributed by atoms with E-state index in [2.05, 4.69) is 0 Å². The van der Waals surface area contributed by atoms with E-state index in [1.807, 2.05) is 41.5 Å². The number of Topliss-reactive ketones (excluding diaryl/α,β-unsaturated/α-hetero) is 2. The summed E-state index contributed by atoms with van der Waals surface area (Å²) in [6.07, 6.45) is 9.47. The summed E-state index contributed by atoms with van der Waals surface area (Å²) in [5.74, 6) is 0.756. The molecule has 0 rings (SSSR count). The summed E-state index contributed by atoms with van der Waals surface area (Å²) >= 11 is 0. The first kappa shape index (κ1) is 20.3. The van der Waals surface area contributed by atoms with E-state index in [9.17, 15) is 9.59 Å². The summed E-state index contributed by atoms with van der Waals surface area (Å²) in [6.45, 7) is 12.0. The van der Waals surface area contributed by atoms with E-state index in [0.29, 0.717) is 11.6 Å². The molecule has 0 atom stereocenters. The second-order valence-corrected chi connectivity index (χ2v) is 8.32. The number of unbranched alkanes of at least 4 members (excludes halogenated alkanes) is 6. The molecule has 0 heterocycles. The van der Waals surface area contributed by atoms with Crippen LogP contribution in [0.25, 0.3) is 0 Å². The Morgan fingerprint density at radius 3 is 1.00 bits per heavy atom. The van der Waals surface area contributed by atoms with Gasteiger partial charge in [0.1, 0.15) is 11.6 Å². The Morgan fingerprint density at radius 1 is 0.524 bits per heavy atom. The molecule has 0 bridgehead atoms. The van der Waals surface area contributed by atoms with E-state index < -0.39 is 0 Å². The zero-order valence-electron chi connectivity index (χ0n) is 15.2. The summed E-state index contributed by atoms with van der Waals surface area (Å²) in [5.41, 5.74) is -0.362. The fraction of sp³-hybridized carbons (Fsp3) is 0.895. The van der Waals surface area contributed by atoms with E-state index in [1.165, 1.54) is 19.3 Å². The van der Waals surface area contributed by atoms with Crippen LogP contribution in [-0.4, -0.2) is 11.6 Å². The van der Waals surface area contributed by atoms with Crippen molar-refractivity contribution in [2.24, 2.45) is 10.8 Å². The van der Waals surface area contributed by atoms with Crippen molar-refractivity contribution < 1.29 is 9.59 Å². The number of ketones is 2. The number of carbonyl (C=O) groups excluding carboxylic acids is 2. The van der Waals surface area contributed by atoms with Crippen LogP contribution in [0.2, 0.25) is 0 Å². The van der Waals surface area contributed by atoms with E-state index in [0.717, 1.165) is 38.5 Å². The molecule has 0 aliphatic rings. The van der Waals surface area contributed by atoms with Crippen molar-refractivity contribution in [2.75, 3.05) is 0 Å². The lowest BCUT2D eigenvalue weighted by Crippen LogP contribution is -2.19. The Kier molecular flexibility index (Phi) is 9.08. The first-order chi connectivity index (χ1) is 9.55. The standard InChI is InChI=1S/C19H36O2/c1-18(2,3)16(20)14-12-10-8-7-9-11-13-15-17(21)19(4,5)6/h7-15H2,1-6H3. The predicted molar refractivity (Wildman–Crippen MR) is 90.5 cm³/mol. The van der Waals surface area contributed by atoms with Crippen LogP contribution in [0, 0.1) is 10.8 Å². The average molecular weight is 296 g/mol. The van der Waals surface area contributed by atoms with Crippen LogP contribution < -0.4 is 0 Å². The molecule has 0 amide bonds. The third-order valence-electron chi connectivity index (χ3n) is 3.98. The molecule has 2 heteroatoms. The maximum absolute atomic E-state index is 11.8. The Labute approximate surface area is 132 Å². The highest BCUT2D eigenvalue weighted by atomic mass is 16.1. The van der Waals surface area contributed by atoms with Crippen molar-refractivity contribution in [3.63, 3.8) is 0 Å². The van der Waals surface area contributed by atoms with Gasteiger partial charge >= 0.3 is 0 Å². The zero-order chi connectivity index (χ0) is 16.5. The van der Waals surface area contributed by atoms with Gasteiger partial charge in [-0.3, -0.25) is 9.59 Å². The van der Waals surface area contributed by atoms with Crippen molar-refractivity contribution in [3.05, 3.63) is 0 Å². The second kappa shape index (κ2) is 9.38. The molecule has 0 aliphatic heterocycles. The molecule has 21 heavy (non-hydrogen) atoms. The van der Waals surface area contributed by atoms with Gasteiger partial charge in [-0.2, -0.15) is 0 Å². The van der Waals surface area contributed by atoms with Gasteiger partial charge in [0.05, 0.1) is 0 Å². The summed E-state index contributed by atoms with van der Waals surface area (Å²) in [4.78, 5) is 23.5. The SMILES string of the molecule is CC(C)(C)C(=O)CCCCCCCCCC(=O)C(C)(C)C. The van der Waals surface area contributed by atoms with Crippen molar-refractivity contribution in [3.8, 4) is 0 Å². The van der Waals surface area contributed by atoms with Gasteiger partial charge in [0.2, 0.25) is 0 Å². The molecule has 0 fully saturated rings. The van der Waals surface area contributed by atoms with Gasteiger partial charge in [-0.25, -0.2) is 0 Å². The average Bonchev–Trinajstić information content (AvgIpc) is 2.33. The van der Waals surface area contributed by atoms with Crippen molar-refractivity contribution in [2.45, 2.75) is 99.3 Å². The van der Waals surface area contributed by atoms with Gasteiger partial charge in [0.15, 0.2) is 0 Å². The van der Waals surface area contributed by atoms with Crippen LogP contribution in [0.5, 0.6) is 0 Å².